The Hall–Kier alpha value is -2.97. The first-order valence-corrected chi connectivity index (χ1v) is 11.0. The molecule has 1 saturated heterocycles. The maximum atomic E-state index is 13.1. The normalized spacial score (nSPS) is 17.7. The van der Waals surface area contributed by atoms with Gasteiger partial charge >= 0.3 is 11.8 Å². The quantitative estimate of drug-likeness (QED) is 0.697. The number of nitrogens with zero attached hydrogens (tertiary/aromatic N) is 3. The second-order valence-electron chi connectivity index (χ2n) is 8.59. The summed E-state index contributed by atoms with van der Waals surface area (Å²) in [6.07, 6.45) is 1.02. The molecular weight excluding hydrogens is 409 g/mol. The number of hydrogen-bond donors (Lipinski definition) is 2. The van der Waals surface area contributed by atoms with Crippen LogP contribution in [0.1, 0.15) is 17.2 Å². The molecule has 2 aromatic rings. The molecule has 4 rings (SSSR count). The minimum absolute atomic E-state index is 0.0116. The molecule has 0 bridgehead atoms. The maximum Gasteiger partial charge on any atom is 0.313 e. The van der Waals surface area contributed by atoms with Crippen molar-refractivity contribution in [1.29, 1.82) is 0 Å². The highest BCUT2D eigenvalue weighted by Gasteiger charge is 2.27. The summed E-state index contributed by atoms with van der Waals surface area (Å²) in [5.74, 6) is -1.86. The Balaban J connectivity index is 1.45. The van der Waals surface area contributed by atoms with Crippen LogP contribution in [0.25, 0.3) is 0 Å². The van der Waals surface area contributed by atoms with Gasteiger partial charge in [-0.1, -0.05) is 12.1 Å². The van der Waals surface area contributed by atoms with E-state index in [2.05, 4.69) is 57.6 Å². The molecule has 0 spiro atoms. The van der Waals surface area contributed by atoms with Gasteiger partial charge in [-0.05, 0) is 54.9 Å². The highest BCUT2D eigenvalue weighted by molar-refractivity contribution is 6.39. The zero-order valence-corrected chi connectivity index (χ0v) is 18.6. The largest absolute Gasteiger partial charge is 0.374 e. The van der Waals surface area contributed by atoms with Crippen LogP contribution in [-0.4, -0.2) is 75.0 Å². The molecule has 1 fully saturated rings. The predicted molar refractivity (Wildman–Crippen MR) is 123 cm³/mol. The van der Waals surface area contributed by atoms with Crippen LogP contribution < -0.4 is 15.5 Å². The molecule has 7 nitrogen and oxygen atoms in total. The second-order valence-corrected chi connectivity index (χ2v) is 8.59. The summed E-state index contributed by atoms with van der Waals surface area (Å²) in [6, 6.07) is 11.8. The van der Waals surface area contributed by atoms with Gasteiger partial charge in [-0.3, -0.25) is 14.5 Å². The van der Waals surface area contributed by atoms with Gasteiger partial charge in [-0.15, -0.1) is 0 Å². The minimum Gasteiger partial charge on any atom is -0.374 e. The van der Waals surface area contributed by atoms with Crippen molar-refractivity contribution >= 4 is 23.2 Å². The van der Waals surface area contributed by atoms with Gasteiger partial charge in [-0.25, -0.2) is 4.39 Å². The topological polar surface area (TPSA) is 67.9 Å². The van der Waals surface area contributed by atoms with E-state index in [0.29, 0.717) is 12.2 Å². The van der Waals surface area contributed by atoms with E-state index in [1.54, 1.807) is 0 Å². The molecule has 2 amide bonds. The van der Waals surface area contributed by atoms with E-state index in [0.717, 1.165) is 44.7 Å². The van der Waals surface area contributed by atoms with Crippen LogP contribution in [0.5, 0.6) is 0 Å². The number of likely N-dealkylation sites (N-methyl/N-ethyl adjacent to an activating group) is 2. The lowest BCUT2D eigenvalue weighted by Gasteiger charge is -2.38. The molecule has 1 atom stereocenters. The Bertz CT molecular complexity index is 973. The van der Waals surface area contributed by atoms with E-state index >= 15 is 0 Å². The Kier molecular flexibility index (Phi) is 6.72. The number of anilines is 2. The van der Waals surface area contributed by atoms with Crippen LogP contribution in [0.15, 0.2) is 42.5 Å². The molecule has 2 N–H and O–H groups in total. The first-order chi connectivity index (χ1) is 15.4. The summed E-state index contributed by atoms with van der Waals surface area (Å²) < 4.78 is 13.1. The molecule has 8 heteroatoms. The van der Waals surface area contributed by atoms with Gasteiger partial charge in [0.15, 0.2) is 0 Å². The summed E-state index contributed by atoms with van der Waals surface area (Å²) in [5, 5.41) is 5.32. The van der Waals surface area contributed by atoms with E-state index in [9.17, 15) is 14.0 Å². The molecular formula is C24H30FN5O2. The van der Waals surface area contributed by atoms with Crippen LogP contribution in [0.2, 0.25) is 0 Å². The number of halogens is 1. The van der Waals surface area contributed by atoms with Crippen molar-refractivity contribution in [2.24, 2.45) is 0 Å². The van der Waals surface area contributed by atoms with Gasteiger partial charge in [-0.2, -0.15) is 0 Å². The molecule has 0 radical (unpaired) electrons. The van der Waals surface area contributed by atoms with Crippen LogP contribution in [0.4, 0.5) is 15.8 Å². The van der Waals surface area contributed by atoms with Crippen molar-refractivity contribution in [2.45, 2.75) is 12.5 Å². The number of nitrogens with one attached hydrogen (secondary N) is 2. The maximum absolute atomic E-state index is 13.1. The number of rotatable bonds is 5. The first kappa shape index (κ1) is 22.2. The molecule has 0 aliphatic carbocycles. The number of fused-ring (bicyclic) bond motifs is 1. The monoisotopic (exact) mass is 439 g/mol. The fraction of sp³-hybridized carbons (Fsp3) is 0.417. The number of carbonyl (C=O) groups is 2. The Morgan fingerprint density at radius 1 is 0.969 bits per heavy atom. The van der Waals surface area contributed by atoms with E-state index < -0.39 is 17.6 Å². The molecule has 170 valence electrons. The van der Waals surface area contributed by atoms with E-state index in [1.807, 2.05) is 0 Å². The van der Waals surface area contributed by atoms with Crippen molar-refractivity contribution in [3.05, 3.63) is 59.4 Å². The van der Waals surface area contributed by atoms with Crippen molar-refractivity contribution in [2.75, 3.05) is 63.6 Å². The summed E-state index contributed by atoms with van der Waals surface area (Å²) in [6.45, 7) is 5.07. The standard InChI is InChI=1S/C24H30FN5O2/c1-28-11-13-30(14-12-28)22(17-3-8-21-18(15-17)9-10-29(21)2)16-26-23(31)24(32)27-20-6-4-19(25)5-7-20/h3-8,15,22H,9-14,16H2,1-2H3,(H,26,31)(H,27,32)/t22-/m0/s1. The van der Waals surface area contributed by atoms with Gasteiger partial charge in [0.1, 0.15) is 5.82 Å². The Morgan fingerprint density at radius 3 is 2.41 bits per heavy atom. The Morgan fingerprint density at radius 2 is 1.69 bits per heavy atom. The number of hydrogen-bond acceptors (Lipinski definition) is 5. The lowest BCUT2D eigenvalue weighted by Crippen LogP contribution is -2.49. The van der Waals surface area contributed by atoms with Crippen molar-refractivity contribution in [3.63, 3.8) is 0 Å². The van der Waals surface area contributed by atoms with Crippen LogP contribution in [0, 0.1) is 5.82 Å². The lowest BCUT2D eigenvalue weighted by atomic mass is 10.00. The highest BCUT2D eigenvalue weighted by Crippen LogP contribution is 2.31. The average molecular weight is 440 g/mol. The molecule has 0 unspecified atom stereocenters. The van der Waals surface area contributed by atoms with Gasteiger partial charge in [0.2, 0.25) is 0 Å². The van der Waals surface area contributed by atoms with Crippen LogP contribution in [-0.2, 0) is 16.0 Å². The molecule has 32 heavy (non-hydrogen) atoms. The number of benzene rings is 2. The van der Waals surface area contributed by atoms with Crippen LogP contribution >= 0.6 is 0 Å². The van der Waals surface area contributed by atoms with Gasteiger partial charge < -0.3 is 20.4 Å². The SMILES string of the molecule is CN1CCN([C@@H](CNC(=O)C(=O)Nc2ccc(F)cc2)c2ccc3c(c2)CCN3C)CC1. The van der Waals surface area contributed by atoms with E-state index in [4.69, 9.17) is 0 Å². The molecule has 2 heterocycles. The highest BCUT2D eigenvalue weighted by atomic mass is 19.1. The summed E-state index contributed by atoms with van der Waals surface area (Å²) in [5.41, 5.74) is 4.12. The van der Waals surface area contributed by atoms with E-state index in [1.165, 1.54) is 35.5 Å². The summed E-state index contributed by atoms with van der Waals surface area (Å²) in [4.78, 5) is 31.7. The molecule has 2 aliphatic heterocycles. The number of piperazine rings is 1. The average Bonchev–Trinajstić information content (AvgIpc) is 3.16. The fourth-order valence-electron chi connectivity index (χ4n) is 4.38. The second kappa shape index (κ2) is 9.67. The van der Waals surface area contributed by atoms with Crippen molar-refractivity contribution in [3.8, 4) is 0 Å². The van der Waals surface area contributed by atoms with Crippen molar-refractivity contribution < 1.29 is 14.0 Å². The molecule has 2 aliphatic rings. The number of carbonyl (C=O) groups excluding carboxylic acids is 2. The zero-order valence-electron chi connectivity index (χ0n) is 18.6. The molecule has 0 saturated carbocycles. The smallest absolute Gasteiger partial charge is 0.313 e. The van der Waals surface area contributed by atoms with E-state index in [-0.39, 0.29) is 6.04 Å². The third-order valence-electron chi connectivity index (χ3n) is 6.36. The molecule has 2 aromatic carbocycles. The van der Waals surface area contributed by atoms with Crippen molar-refractivity contribution in [1.82, 2.24) is 15.1 Å². The first-order valence-electron chi connectivity index (χ1n) is 11.0. The summed E-state index contributed by atoms with van der Waals surface area (Å²) in [7, 11) is 4.21. The zero-order chi connectivity index (χ0) is 22.7. The third-order valence-corrected chi connectivity index (χ3v) is 6.36. The third kappa shape index (κ3) is 5.08. The van der Waals surface area contributed by atoms with Gasteiger partial charge in [0.25, 0.3) is 0 Å². The summed E-state index contributed by atoms with van der Waals surface area (Å²) >= 11 is 0. The van der Waals surface area contributed by atoms with Gasteiger partial charge in [0, 0.05) is 57.7 Å². The fourth-order valence-corrected chi connectivity index (χ4v) is 4.38. The molecule has 0 aromatic heterocycles. The van der Waals surface area contributed by atoms with Crippen LogP contribution in [0.3, 0.4) is 0 Å². The number of amides is 2. The minimum atomic E-state index is -0.760. The lowest BCUT2D eigenvalue weighted by molar-refractivity contribution is -0.136. The predicted octanol–water partition coefficient (Wildman–Crippen LogP) is 1.86. The Labute approximate surface area is 188 Å². The van der Waals surface area contributed by atoms with Gasteiger partial charge in [0.05, 0.1) is 6.04 Å².